The lowest BCUT2D eigenvalue weighted by Gasteiger charge is -2.30. The summed E-state index contributed by atoms with van der Waals surface area (Å²) in [4.78, 5) is 0. The van der Waals surface area contributed by atoms with E-state index in [2.05, 4.69) is 6.58 Å². The third-order valence-corrected chi connectivity index (χ3v) is 7.95. The summed E-state index contributed by atoms with van der Waals surface area (Å²) in [6, 6.07) is 11.2. The second kappa shape index (κ2) is 12.1. The zero-order chi connectivity index (χ0) is 25.6. The molecule has 1 aliphatic rings. The molecule has 1 N–H and O–H groups in total. The van der Waals surface area contributed by atoms with Crippen LogP contribution in [0.25, 0.3) is 0 Å². The Morgan fingerprint density at radius 1 is 1.26 bits per heavy atom. The molecule has 0 amide bonds. The molecule has 2 aromatic carbocycles. The van der Waals surface area contributed by atoms with E-state index < -0.39 is 7.60 Å². The molecule has 188 valence electrons. The molecule has 3 rings (SSSR count). The Morgan fingerprint density at radius 2 is 1.91 bits per heavy atom. The summed E-state index contributed by atoms with van der Waals surface area (Å²) in [6.45, 7) is 12.0. The van der Waals surface area contributed by atoms with E-state index in [1.807, 2.05) is 57.2 Å². The number of benzene rings is 2. The van der Waals surface area contributed by atoms with Crippen LogP contribution in [0.15, 0.2) is 72.0 Å². The van der Waals surface area contributed by atoms with Gasteiger partial charge in [-0.1, -0.05) is 49.4 Å². The Morgan fingerprint density at radius 3 is 2.49 bits per heavy atom. The maximum Gasteiger partial charge on any atom is 0.368 e. The molecular weight excluding hydrogens is 483 g/mol. The van der Waals surface area contributed by atoms with Crippen molar-refractivity contribution >= 4 is 19.2 Å². The van der Waals surface area contributed by atoms with E-state index in [0.29, 0.717) is 36.0 Å². The monoisotopic (exact) mass is 516 g/mol. The predicted molar refractivity (Wildman–Crippen MR) is 142 cm³/mol. The van der Waals surface area contributed by atoms with Crippen molar-refractivity contribution in [3.05, 3.63) is 99.3 Å². The van der Waals surface area contributed by atoms with Gasteiger partial charge in [0, 0.05) is 11.4 Å². The first kappa shape index (κ1) is 27.3. The molecule has 35 heavy (non-hydrogen) atoms. The Bertz CT molecular complexity index is 1140. The summed E-state index contributed by atoms with van der Waals surface area (Å²) in [5, 5.41) is 10.5. The van der Waals surface area contributed by atoms with Crippen LogP contribution in [-0.4, -0.2) is 18.1 Å². The van der Waals surface area contributed by atoms with Crippen molar-refractivity contribution < 1.29 is 23.5 Å². The lowest BCUT2D eigenvalue weighted by Crippen LogP contribution is -2.17. The van der Waals surface area contributed by atoms with E-state index in [4.69, 9.17) is 25.4 Å². The standard InChI is InChI=1S/C28H34ClO5P/c1-6-22(16-23(7-2)21(5)30)17-27-19(3)14-26(15-20(27)4)32-18-35(31)33-13-12-28(34-35)24-8-10-25(29)11-9-24/h6,8-11,14-16,28,30H,1,7,12-13,17-18H2,2-5H3/b22-16+,23-21+. The predicted octanol–water partition coefficient (Wildman–Crippen LogP) is 8.56. The van der Waals surface area contributed by atoms with Gasteiger partial charge in [0.25, 0.3) is 0 Å². The van der Waals surface area contributed by atoms with Gasteiger partial charge in [0.1, 0.15) is 5.75 Å². The molecule has 2 atom stereocenters. The number of hydrogen-bond donors (Lipinski definition) is 1. The van der Waals surface area contributed by atoms with Crippen LogP contribution < -0.4 is 4.74 Å². The van der Waals surface area contributed by atoms with Crippen LogP contribution in [0.2, 0.25) is 5.02 Å². The number of aliphatic hydroxyl groups excluding tert-OH is 1. The fourth-order valence-corrected chi connectivity index (χ4v) is 5.72. The zero-order valence-corrected chi connectivity index (χ0v) is 22.5. The molecule has 0 bridgehead atoms. The van der Waals surface area contributed by atoms with E-state index in [9.17, 15) is 9.67 Å². The van der Waals surface area contributed by atoms with Crippen LogP contribution in [-0.2, 0) is 20.0 Å². The number of ether oxygens (including phenoxy) is 1. The fourth-order valence-electron chi connectivity index (χ4n) is 4.09. The van der Waals surface area contributed by atoms with Crippen LogP contribution in [0.5, 0.6) is 5.75 Å². The first-order valence-electron chi connectivity index (χ1n) is 11.8. The number of hydrogen-bond acceptors (Lipinski definition) is 5. The number of halogens is 1. The second-order valence-electron chi connectivity index (χ2n) is 8.75. The number of allylic oxidation sites excluding steroid dienone is 5. The maximum absolute atomic E-state index is 13.2. The van der Waals surface area contributed by atoms with E-state index in [0.717, 1.165) is 39.8 Å². The normalized spacial score (nSPS) is 21.4. The molecular formula is C28H34ClO5P. The zero-order valence-electron chi connectivity index (χ0n) is 20.8. The lowest BCUT2D eigenvalue weighted by atomic mass is 9.94. The summed E-state index contributed by atoms with van der Waals surface area (Å²) in [5.41, 5.74) is 6.10. The molecule has 0 saturated carbocycles. The van der Waals surface area contributed by atoms with Crippen molar-refractivity contribution in [3.8, 4) is 5.75 Å². The van der Waals surface area contributed by atoms with Gasteiger partial charge in [-0.15, -0.1) is 0 Å². The highest BCUT2D eigenvalue weighted by molar-refractivity contribution is 7.53. The highest BCUT2D eigenvalue weighted by atomic mass is 35.5. The first-order valence-corrected chi connectivity index (χ1v) is 13.9. The van der Waals surface area contributed by atoms with Crippen molar-refractivity contribution in [2.75, 3.05) is 13.0 Å². The molecule has 1 heterocycles. The maximum atomic E-state index is 13.2. The molecule has 7 heteroatoms. The average molecular weight is 517 g/mol. The van der Waals surface area contributed by atoms with Gasteiger partial charge in [0.2, 0.25) is 0 Å². The van der Waals surface area contributed by atoms with Crippen molar-refractivity contribution in [1.82, 2.24) is 0 Å². The third-order valence-electron chi connectivity index (χ3n) is 6.10. The van der Waals surface area contributed by atoms with Gasteiger partial charge in [0.15, 0.2) is 6.35 Å². The van der Waals surface area contributed by atoms with Crippen molar-refractivity contribution in [3.63, 3.8) is 0 Å². The molecule has 2 unspecified atom stereocenters. The SMILES string of the molecule is C=C/C(=C\C(CC)=C(/C)O)Cc1c(C)cc(OCP2(=O)OCCC(c3ccc(Cl)cc3)O2)cc1C. The molecule has 2 aromatic rings. The van der Waals surface area contributed by atoms with Gasteiger partial charge in [-0.05, 0) is 91.3 Å². The number of aryl methyl sites for hydroxylation is 2. The smallest absolute Gasteiger partial charge is 0.368 e. The fraction of sp³-hybridized carbons (Fsp3) is 0.357. The molecule has 0 aromatic heterocycles. The van der Waals surface area contributed by atoms with E-state index >= 15 is 0 Å². The summed E-state index contributed by atoms with van der Waals surface area (Å²) in [6.07, 6.45) is 5.37. The first-order chi connectivity index (χ1) is 16.6. The number of aliphatic hydroxyl groups is 1. The van der Waals surface area contributed by atoms with Crippen LogP contribution >= 0.6 is 19.2 Å². The topological polar surface area (TPSA) is 65.0 Å². The van der Waals surface area contributed by atoms with Crippen molar-refractivity contribution in [1.29, 1.82) is 0 Å². The molecule has 1 aliphatic heterocycles. The molecule has 5 nitrogen and oxygen atoms in total. The Balaban J connectivity index is 1.71. The van der Waals surface area contributed by atoms with Crippen LogP contribution in [0.3, 0.4) is 0 Å². The summed E-state index contributed by atoms with van der Waals surface area (Å²) >= 11 is 5.98. The molecule has 0 spiro atoms. The van der Waals surface area contributed by atoms with Crippen LogP contribution in [0.1, 0.15) is 55.0 Å². The summed E-state index contributed by atoms with van der Waals surface area (Å²) in [5.74, 6) is 0.939. The van der Waals surface area contributed by atoms with Crippen LogP contribution in [0, 0.1) is 13.8 Å². The largest absolute Gasteiger partial charge is 0.512 e. The minimum absolute atomic E-state index is 0.159. The highest BCUT2D eigenvalue weighted by Gasteiger charge is 2.35. The minimum Gasteiger partial charge on any atom is -0.512 e. The Labute approximate surface area is 213 Å². The minimum atomic E-state index is -3.42. The lowest BCUT2D eigenvalue weighted by molar-refractivity contribution is 0.0725. The Hall–Kier alpha value is -2.30. The summed E-state index contributed by atoms with van der Waals surface area (Å²) in [7, 11) is -3.42. The van der Waals surface area contributed by atoms with Gasteiger partial charge >= 0.3 is 7.60 Å². The van der Waals surface area contributed by atoms with Crippen molar-refractivity contribution in [2.24, 2.45) is 0 Å². The third kappa shape index (κ3) is 7.35. The van der Waals surface area contributed by atoms with Crippen LogP contribution in [0.4, 0.5) is 0 Å². The van der Waals surface area contributed by atoms with Gasteiger partial charge < -0.3 is 14.4 Å². The average Bonchev–Trinajstić information content (AvgIpc) is 2.82. The van der Waals surface area contributed by atoms with E-state index in [-0.39, 0.29) is 12.5 Å². The molecule has 1 fully saturated rings. The molecule has 0 aliphatic carbocycles. The molecule has 0 radical (unpaired) electrons. The van der Waals surface area contributed by atoms with Gasteiger partial charge in [0.05, 0.1) is 18.5 Å². The number of rotatable bonds is 9. The molecule has 1 saturated heterocycles. The van der Waals surface area contributed by atoms with Gasteiger partial charge in [-0.25, -0.2) is 0 Å². The highest BCUT2D eigenvalue weighted by Crippen LogP contribution is 2.56. The quantitative estimate of drug-likeness (QED) is 0.205. The Kier molecular flexibility index (Phi) is 9.43. The summed E-state index contributed by atoms with van der Waals surface area (Å²) < 4.78 is 30.5. The van der Waals surface area contributed by atoms with Gasteiger partial charge in [-0.3, -0.25) is 9.09 Å². The second-order valence-corrected chi connectivity index (χ2v) is 11.1. The van der Waals surface area contributed by atoms with E-state index in [1.165, 1.54) is 0 Å². The van der Waals surface area contributed by atoms with Gasteiger partial charge in [-0.2, -0.15) is 0 Å². The van der Waals surface area contributed by atoms with E-state index in [1.54, 1.807) is 19.1 Å². The van der Waals surface area contributed by atoms with Crippen molar-refractivity contribution in [2.45, 2.75) is 53.1 Å².